The third-order valence-electron chi connectivity index (χ3n) is 1.62. The molecule has 0 spiro atoms. The number of methoxy groups -OCH3 is 1. The van der Waals surface area contributed by atoms with Crippen LogP contribution in [0.1, 0.15) is 5.56 Å². The van der Waals surface area contributed by atoms with Crippen molar-refractivity contribution in [2.75, 3.05) is 7.11 Å². The molecule has 1 aromatic carbocycles. The van der Waals surface area contributed by atoms with Gasteiger partial charge in [-0.2, -0.15) is 0 Å². The predicted molar refractivity (Wildman–Crippen MR) is 45.5 cm³/mol. The number of aromatic hydroxyl groups is 2. The zero-order valence-corrected chi connectivity index (χ0v) is 7.15. The molecule has 0 bridgehead atoms. The van der Waals surface area contributed by atoms with E-state index < -0.39 is 0 Å². The Morgan fingerprint density at radius 3 is 2.62 bits per heavy atom. The Labute approximate surface area is 75.4 Å². The summed E-state index contributed by atoms with van der Waals surface area (Å²) in [5.41, 5.74) is 0.599. The minimum absolute atomic E-state index is 0.0876. The van der Waals surface area contributed by atoms with Crippen LogP contribution in [0.3, 0.4) is 0 Å². The minimum Gasteiger partial charge on any atom is -0.504 e. The third-order valence-corrected chi connectivity index (χ3v) is 1.62. The molecule has 0 fully saturated rings. The Hall–Kier alpha value is -1.71. The average molecular weight is 182 g/mol. The van der Waals surface area contributed by atoms with Gasteiger partial charge in [0, 0.05) is 0 Å². The molecule has 1 aromatic rings. The number of carbonyl (C=O) groups excluding carboxylic acids is 1. The van der Waals surface area contributed by atoms with Crippen molar-refractivity contribution in [1.82, 2.24) is 0 Å². The Morgan fingerprint density at radius 2 is 2.08 bits per heavy atom. The number of rotatable bonds is 2. The summed E-state index contributed by atoms with van der Waals surface area (Å²) in [5.74, 6) is -0.819. The fraction of sp³-hybridized carbons (Fsp3) is 0.222. The van der Waals surface area contributed by atoms with E-state index in [-0.39, 0.29) is 23.9 Å². The summed E-state index contributed by atoms with van der Waals surface area (Å²) in [7, 11) is 1.29. The molecule has 0 radical (unpaired) electrons. The summed E-state index contributed by atoms with van der Waals surface area (Å²) in [6.07, 6.45) is 0.0876. The summed E-state index contributed by atoms with van der Waals surface area (Å²) < 4.78 is 4.44. The van der Waals surface area contributed by atoms with E-state index in [2.05, 4.69) is 4.74 Å². The molecule has 0 amide bonds. The molecule has 0 unspecified atom stereocenters. The molecule has 0 aliphatic heterocycles. The van der Waals surface area contributed by atoms with Crippen molar-refractivity contribution in [2.24, 2.45) is 0 Å². The van der Waals surface area contributed by atoms with Crippen molar-refractivity contribution in [3.8, 4) is 11.5 Å². The van der Waals surface area contributed by atoms with Gasteiger partial charge in [0.05, 0.1) is 13.5 Å². The molecule has 0 saturated heterocycles. The largest absolute Gasteiger partial charge is 0.504 e. The molecule has 1 rings (SSSR count). The Balaban J connectivity index is 2.79. The van der Waals surface area contributed by atoms with Gasteiger partial charge >= 0.3 is 5.97 Å². The Morgan fingerprint density at radius 1 is 1.38 bits per heavy atom. The van der Waals surface area contributed by atoms with Crippen LogP contribution in [0.15, 0.2) is 18.2 Å². The third kappa shape index (κ3) is 2.37. The van der Waals surface area contributed by atoms with E-state index in [1.54, 1.807) is 6.07 Å². The topological polar surface area (TPSA) is 66.8 Å². The summed E-state index contributed by atoms with van der Waals surface area (Å²) in [5, 5.41) is 18.1. The highest BCUT2D eigenvalue weighted by Gasteiger charge is 2.05. The van der Waals surface area contributed by atoms with Gasteiger partial charge in [0.1, 0.15) is 0 Å². The summed E-state index contributed by atoms with van der Waals surface area (Å²) in [6, 6.07) is 4.20. The zero-order chi connectivity index (χ0) is 9.84. The summed E-state index contributed by atoms with van der Waals surface area (Å²) >= 11 is 0. The normalized spacial score (nSPS) is 9.62. The van der Waals surface area contributed by atoms with Crippen LogP contribution in [0.25, 0.3) is 0 Å². The van der Waals surface area contributed by atoms with Gasteiger partial charge in [0.15, 0.2) is 11.5 Å². The van der Waals surface area contributed by atoms with Gasteiger partial charge in [0.2, 0.25) is 0 Å². The molecule has 0 heterocycles. The maximum absolute atomic E-state index is 10.8. The molecule has 70 valence electrons. The van der Waals surface area contributed by atoms with E-state index in [9.17, 15) is 4.79 Å². The monoisotopic (exact) mass is 182 g/mol. The van der Waals surface area contributed by atoms with Gasteiger partial charge in [-0.1, -0.05) is 6.07 Å². The molecular weight excluding hydrogens is 172 g/mol. The molecule has 0 aliphatic rings. The highest BCUT2D eigenvalue weighted by molar-refractivity contribution is 5.72. The first-order valence-corrected chi connectivity index (χ1v) is 3.71. The van der Waals surface area contributed by atoms with Crippen LogP contribution in [0, 0.1) is 0 Å². The molecule has 4 heteroatoms. The van der Waals surface area contributed by atoms with Crippen LogP contribution in [0.5, 0.6) is 11.5 Å². The highest BCUT2D eigenvalue weighted by atomic mass is 16.5. The number of hydrogen-bond donors (Lipinski definition) is 2. The maximum Gasteiger partial charge on any atom is 0.309 e. The van der Waals surface area contributed by atoms with Crippen LogP contribution in [-0.2, 0) is 16.0 Å². The Bertz CT molecular complexity index is 319. The lowest BCUT2D eigenvalue weighted by atomic mass is 10.1. The van der Waals surface area contributed by atoms with Crippen molar-refractivity contribution in [3.63, 3.8) is 0 Å². The number of phenolic OH excluding ortho intramolecular Hbond substituents is 2. The van der Waals surface area contributed by atoms with Crippen LogP contribution in [-0.4, -0.2) is 23.3 Å². The van der Waals surface area contributed by atoms with E-state index in [4.69, 9.17) is 10.2 Å². The first-order chi connectivity index (χ1) is 6.13. The first-order valence-electron chi connectivity index (χ1n) is 3.71. The lowest BCUT2D eigenvalue weighted by molar-refractivity contribution is -0.139. The fourth-order valence-electron chi connectivity index (χ4n) is 0.918. The first kappa shape index (κ1) is 9.38. The molecule has 13 heavy (non-hydrogen) atoms. The number of ether oxygens (including phenoxy) is 1. The maximum atomic E-state index is 10.8. The van der Waals surface area contributed by atoms with Crippen LogP contribution in [0.4, 0.5) is 0 Å². The molecule has 2 N–H and O–H groups in total. The van der Waals surface area contributed by atoms with Crippen molar-refractivity contribution < 1.29 is 19.7 Å². The van der Waals surface area contributed by atoms with E-state index in [0.29, 0.717) is 5.56 Å². The molecule has 0 saturated carbocycles. The molecule has 0 aliphatic carbocycles. The lowest BCUT2D eigenvalue weighted by Crippen LogP contribution is -2.03. The van der Waals surface area contributed by atoms with Gasteiger partial charge < -0.3 is 14.9 Å². The number of carbonyl (C=O) groups is 1. The number of benzene rings is 1. The zero-order valence-electron chi connectivity index (χ0n) is 7.15. The van der Waals surface area contributed by atoms with Gasteiger partial charge in [0.25, 0.3) is 0 Å². The van der Waals surface area contributed by atoms with Gasteiger partial charge in [-0.25, -0.2) is 0 Å². The van der Waals surface area contributed by atoms with Gasteiger partial charge in [-0.15, -0.1) is 0 Å². The average Bonchev–Trinajstić information content (AvgIpc) is 2.11. The van der Waals surface area contributed by atoms with Crippen molar-refractivity contribution >= 4 is 5.97 Å². The standard InChI is InChI=1S/C9H10O4/c1-13-9(12)5-6-2-3-7(10)8(11)4-6/h2-4,10-11H,5H2,1H3. The lowest BCUT2D eigenvalue weighted by Gasteiger charge is -2.01. The minimum atomic E-state index is -0.384. The second-order valence-corrected chi connectivity index (χ2v) is 2.58. The highest BCUT2D eigenvalue weighted by Crippen LogP contribution is 2.24. The summed E-state index contributed by atoms with van der Waals surface area (Å²) in [6.45, 7) is 0. The van der Waals surface area contributed by atoms with Gasteiger partial charge in [-0.05, 0) is 17.7 Å². The second kappa shape index (κ2) is 3.80. The van der Waals surface area contributed by atoms with Gasteiger partial charge in [-0.3, -0.25) is 4.79 Å². The predicted octanol–water partition coefficient (Wildman–Crippen LogP) is 0.813. The van der Waals surface area contributed by atoms with Crippen molar-refractivity contribution in [3.05, 3.63) is 23.8 Å². The van der Waals surface area contributed by atoms with Crippen molar-refractivity contribution in [2.45, 2.75) is 6.42 Å². The number of phenols is 2. The molecular formula is C9H10O4. The fourth-order valence-corrected chi connectivity index (χ4v) is 0.918. The van der Waals surface area contributed by atoms with E-state index in [0.717, 1.165) is 0 Å². The summed E-state index contributed by atoms with van der Waals surface area (Å²) in [4.78, 5) is 10.8. The van der Waals surface area contributed by atoms with Crippen LogP contribution >= 0.6 is 0 Å². The van der Waals surface area contributed by atoms with Crippen molar-refractivity contribution in [1.29, 1.82) is 0 Å². The van der Waals surface area contributed by atoms with Crippen LogP contribution < -0.4 is 0 Å². The molecule has 4 nitrogen and oxygen atoms in total. The number of hydrogen-bond acceptors (Lipinski definition) is 4. The smallest absolute Gasteiger partial charge is 0.309 e. The molecule has 0 atom stereocenters. The quantitative estimate of drug-likeness (QED) is 0.524. The van der Waals surface area contributed by atoms with E-state index in [1.165, 1.54) is 19.2 Å². The van der Waals surface area contributed by atoms with E-state index >= 15 is 0 Å². The SMILES string of the molecule is COC(=O)Cc1ccc(O)c(O)c1. The van der Waals surface area contributed by atoms with E-state index in [1.807, 2.05) is 0 Å². The second-order valence-electron chi connectivity index (χ2n) is 2.58. The number of esters is 1. The molecule has 0 aromatic heterocycles. The Kier molecular flexibility index (Phi) is 2.74. The van der Waals surface area contributed by atoms with Crippen LogP contribution in [0.2, 0.25) is 0 Å².